The second kappa shape index (κ2) is 7.52. The van der Waals surface area contributed by atoms with Gasteiger partial charge in [0.05, 0.1) is 10.6 Å². The van der Waals surface area contributed by atoms with Gasteiger partial charge in [-0.25, -0.2) is 4.79 Å². The zero-order valence-corrected chi connectivity index (χ0v) is 15.7. The number of benzene rings is 1. The summed E-state index contributed by atoms with van der Waals surface area (Å²) in [5.74, 6) is -0.0883. The maximum atomic E-state index is 12.1. The highest BCUT2D eigenvalue weighted by Crippen LogP contribution is 2.34. The maximum absolute atomic E-state index is 12.1. The van der Waals surface area contributed by atoms with Crippen LogP contribution in [-0.2, 0) is 4.74 Å². The molecule has 0 unspecified atom stereocenters. The van der Waals surface area contributed by atoms with Crippen molar-refractivity contribution in [3.8, 4) is 11.5 Å². The molecule has 138 valence electrons. The van der Waals surface area contributed by atoms with Gasteiger partial charge in [0.2, 0.25) is 0 Å². The number of Topliss-reactive ketones (excluding diaryl/α,β-unsaturated/α-hetero) is 1. The molecule has 0 aliphatic carbocycles. The SMILES string of the molecule is CC(=O)c1cc(Cl)c(OC2CCN(C(=O)OC(C)(C)C)CC2)cc1O. The Morgan fingerprint density at radius 3 is 2.36 bits per heavy atom. The molecule has 1 N–H and O–H groups in total. The number of rotatable bonds is 3. The van der Waals surface area contributed by atoms with Crippen molar-refractivity contribution in [3.05, 3.63) is 22.7 Å². The van der Waals surface area contributed by atoms with Gasteiger partial charge in [-0.05, 0) is 33.8 Å². The molecule has 6 nitrogen and oxygen atoms in total. The van der Waals surface area contributed by atoms with Gasteiger partial charge in [0.1, 0.15) is 23.2 Å². The summed E-state index contributed by atoms with van der Waals surface area (Å²) in [5, 5.41) is 10.2. The van der Waals surface area contributed by atoms with Gasteiger partial charge >= 0.3 is 6.09 Å². The van der Waals surface area contributed by atoms with E-state index in [0.717, 1.165) is 0 Å². The quantitative estimate of drug-likeness (QED) is 0.814. The summed E-state index contributed by atoms with van der Waals surface area (Å²) in [5.41, 5.74) is -0.356. The highest BCUT2D eigenvalue weighted by molar-refractivity contribution is 6.32. The van der Waals surface area contributed by atoms with Crippen LogP contribution >= 0.6 is 11.6 Å². The molecule has 0 radical (unpaired) electrons. The lowest BCUT2D eigenvalue weighted by Gasteiger charge is -2.33. The smallest absolute Gasteiger partial charge is 0.410 e. The van der Waals surface area contributed by atoms with E-state index in [2.05, 4.69) is 0 Å². The molecule has 1 aliphatic rings. The zero-order valence-electron chi connectivity index (χ0n) is 15.0. The van der Waals surface area contributed by atoms with E-state index in [1.807, 2.05) is 20.8 Å². The van der Waals surface area contributed by atoms with E-state index in [-0.39, 0.29) is 34.3 Å². The van der Waals surface area contributed by atoms with Gasteiger partial charge in [0.15, 0.2) is 5.78 Å². The van der Waals surface area contributed by atoms with E-state index in [4.69, 9.17) is 21.1 Å². The number of amides is 1. The number of aromatic hydroxyl groups is 1. The van der Waals surface area contributed by atoms with Crippen LogP contribution in [0.5, 0.6) is 11.5 Å². The summed E-state index contributed by atoms with van der Waals surface area (Å²) in [6, 6.07) is 2.77. The lowest BCUT2D eigenvalue weighted by atomic mass is 10.1. The molecule has 0 bridgehead atoms. The molecular formula is C18H24ClNO5. The first-order valence-electron chi connectivity index (χ1n) is 8.25. The highest BCUT2D eigenvalue weighted by atomic mass is 35.5. The second-order valence-electron chi connectivity index (χ2n) is 7.14. The van der Waals surface area contributed by atoms with E-state index in [9.17, 15) is 14.7 Å². The lowest BCUT2D eigenvalue weighted by molar-refractivity contribution is 0.0126. The Labute approximate surface area is 152 Å². The van der Waals surface area contributed by atoms with E-state index >= 15 is 0 Å². The van der Waals surface area contributed by atoms with Crippen LogP contribution in [0.15, 0.2) is 12.1 Å². The Balaban J connectivity index is 1.95. The fourth-order valence-electron chi connectivity index (χ4n) is 2.58. The Hall–Kier alpha value is -1.95. The number of carbonyl (C=O) groups is 2. The average molecular weight is 370 g/mol. The molecule has 0 atom stereocenters. The third kappa shape index (κ3) is 5.26. The number of phenolic OH excluding ortho intramolecular Hbond substituents is 1. The zero-order chi connectivity index (χ0) is 18.8. The number of phenols is 1. The summed E-state index contributed by atoms with van der Waals surface area (Å²) in [6.07, 6.45) is 0.807. The molecule has 1 amide bonds. The van der Waals surface area contributed by atoms with Gasteiger partial charge < -0.3 is 19.5 Å². The van der Waals surface area contributed by atoms with Crippen LogP contribution in [0.4, 0.5) is 4.79 Å². The molecule has 2 rings (SSSR count). The molecule has 0 aromatic heterocycles. The van der Waals surface area contributed by atoms with Crippen LogP contribution in [-0.4, -0.2) is 46.7 Å². The van der Waals surface area contributed by atoms with Gasteiger partial charge in [-0.3, -0.25) is 4.79 Å². The molecule has 7 heteroatoms. The van der Waals surface area contributed by atoms with Crippen molar-refractivity contribution in [2.75, 3.05) is 13.1 Å². The van der Waals surface area contributed by atoms with E-state index < -0.39 is 5.60 Å². The van der Waals surface area contributed by atoms with Crippen LogP contribution in [0.25, 0.3) is 0 Å². The molecule has 0 spiro atoms. The van der Waals surface area contributed by atoms with Crippen molar-refractivity contribution in [1.29, 1.82) is 0 Å². The normalized spacial score (nSPS) is 15.8. The molecule has 1 aromatic carbocycles. The Kier molecular flexibility index (Phi) is 5.83. The lowest BCUT2D eigenvalue weighted by Crippen LogP contribution is -2.44. The van der Waals surface area contributed by atoms with Crippen molar-refractivity contribution in [2.24, 2.45) is 0 Å². The molecule has 1 aliphatic heterocycles. The molecule has 25 heavy (non-hydrogen) atoms. The third-order valence-corrected chi connectivity index (χ3v) is 4.11. The van der Waals surface area contributed by atoms with Crippen LogP contribution in [0.1, 0.15) is 50.9 Å². The number of piperidine rings is 1. The van der Waals surface area contributed by atoms with Crippen molar-refractivity contribution in [2.45, 2.75) is 52.2 Å². The second-order valence-corrected chi connectivity index (χ2v) is 7.55. The first-order chi connectivity index (χ1) is 11.6. The maximum Gasteiger partial charge on any atom is 0.410 e. The summed E-state index contributed by atoms with van der Waals surface area (Å²) in [7, 11) is 0. The minimum atomic E-state index is -0.520. The van der Waals surface area contributed by atoms with E-state index in [1.165, 1.54) is 19.1 Å². The number of ether oxygens (including phenoxy) is 2. The van der Waals surface area contributed by atoms with Crippen molar-refractivity contribution in [3.63, 3.8) is 0 Å². The molecule has 1 aromatic rings. The first-order valence-corrected chi connectivity index (χ1v) is 8.62. The molecule has 1 saturated heterocycles. The Morgan fingerprint density at radius 1 is 1.24 bits per heavy atom. The van der Waals surface area contributed by atoms with Gasteiger partial charge in [0.25, 0.3) is 0 Å². The van der Waals surface area contributed by atoms with E-state index in [0.29, 0.717) is 31.7 Å². The number of carbonyl (C=O) groups excluding carboxylic acids is 2. The van der Waals surface area contributed by atoms with Gasteiger partial charge in [-0.1, -0.05) is 11.6 Å². The minimum absolute atomic E-state index is 0.126. The fourth-order valence-corrected chi connectivity index (χ4v) is 2.79. The van der Waals surface area contributed by atoms with E-state index in [1.54, 1.807) is 4.90 Å². The van der Waals surface area contributed by atoms with Crippen LogP contribution < -0.4 is 4.74 Å². The van der Waals surface area contributed by atoms with Crippen molar-refractivity contribution in [1.82, 2.24) is 4.90 Å². The van der Waals surface area contributed by atoms with Crippen LogP contribution in [0.3, 0.4) is 0 Å². The van der Waals surface area contributed by atoms with Gasteiger partial charge in [-0.2, -0.15) is 0 Å². The summed E-state index contributed by atoms with van der Waals surface area (Å²) < 4.78 is 11.2. The number of hydrogen-bond donors (Lipinski definition) is 1. The highest BCUT2D eigenvalue weighted by Gasteiger charge is 2.28. The van der Waals surface area contributed by atoms with Gasteiger partial charge in [-0.15, -0.1) is 0 Å². The Morgan fingerprint density at radius 2 is 1.84 bits per heavy atom. The predicted molar refractivity (Wildman–Crippen MR) is 94.6 cm³/mol. The number of halogens is 1. The predicted octanol–water partition coefficient (Wildman–Crippen LogP) is 4.03. The molecular weight excluding hydrogens is 346 g/mol. The van der Waals surface area contributed by atoms with Crippen molar-refractivity contribution >= 4 is 23.5 Å². The van der Waals surface area contributed by atoms with Crippen LogP contribution in [0.2, 0.25) is 5.02 Å². The largest absolute Gasteiger partial charge is 0.507 e. The number of ketones is 1. The molecule has 0 saturated carbocycles. The summed E-state index contributed by atoms with van der Waals surface area (Å²) >= 11 is 6.14. The monoisotopic (exact) mass is 369 g/mol. The first kappa shape index (κ1) is 19.4. The minimum Gasteiger partial charge on any atom is -0.507 e. The summed E-state index contributed by atoms with van der Waals surface area (Å²) in [6.45, 7) is 7.90. The third-order valence-electron chi connectivity index (χ3n) is 3.82. The molecule has 1 heterocycles. The van der Waals surface area contributed by atoms with Gasteiger partial charge in [0, 0.05) is 32.0 Å². The summed E-state index contributed by atoms with van der Waals surface area (Å²) in [4.78, 5) is 25.1. The average Bonchev–Trinajstić information content (AvgIpc) is 2.49. The fraction of sp³-hybridized carbons (Fsp3) is 0.556. The number of likely N-dealkylation sites (tertiary alicyclic amines) is 1. The number of hydrogen-bond acceptors (Lipinski definition) is 5. The topological polar surface area (TPSA) is 76.1 Å². The Bertz CT molecular complexity index is 660. The van der Waals surface area contributed by atoms with Crippen molar-refractivity contribution < 1.29 is 24.2 Å². The number of nitrogens with zero attached hydrogens (tertiary/aromatic N) is 1. The molecule has 1 fully saturated rings. The van der Waals surface area contributed by atoms with Crippen LogP contribution in [0, 0.1) is 0 Å². The standard InChI is InChI=1S/C18H24ClNO5/c1-11(21)13-9-14(19)16(10-15(13)22)24-12-5-7-20(8-6-12)17(23)25-18(2,3)4/h9-10,12,22H,5-8H2,1-4H3.